The van der Waals surface area contributed by atoms with Gasteiger partial charge in [0.15, 0.2) is 11.0 Å². The fraction of sp³-hybridized carbons (Fsp3) is 0.154. The number of nitro benzene ring substituents is 1. The Morgan fingerprint density at radius 3 is 2.52 bits per heavy atom. The average molecular weight is 311 g/mol. The zero-order chi connectivity index (χ0) is 15.4. The van der Waals surface area contributed by atoms with Gasteiger partial charge in [-0.15, -0.1) is 0 Å². The number of nitrogens with one attached hydrogen (secondary N) is 1. The van der Waals surface area contributed by atoms with E-state index < -0.39 is 16.9 Å². The molecule has 2 aromatic rings. The molecule has 2 N–H and O–H groups in total. The number of halogens is 1. The van der Waals surface area contributed by atoms with Crippen LogP contribution in [0.25, 0.3) is 0 Å². The van der Waals surface area contributed by atoms with Gasteiger partial charge in [-0.05, 0) is 41.4 Å². The number of hydrogen-bond donors (Lipinski definition) is 2. The van der Waals surface area contributed by atoms with Crippen molar-refractivity contribution >= 4 is 23.2 Å². The highest BCUT2D eigenvalue weighted by Crippen LogP contribution is 2.17. The van der Waals surface area contributed by atoms with Gasteiger partial charge in [-0.1, -0.05) is 0 Å². The van der Waals surface area contributed by atoms with Gasteiger partial charge in [0.2, 0.25) is 0 Å². The summed E-state index contributed by atoms with van der Waals surface area (Å²) in [7, 11) is 0. The number of non-ortho nitro benzene ring substituents is 1. The van der Waals surface area contributed by atoms with E-state index in [1.807, 2.05) is 0 Å². The molecule has 21 heavy (non-hydrogen) atoms. The molecule has 2 rings (SSSR count). The fourth-order valence-electron chi connectivity index (χ4n) is 1.65. The molecule has 0 radical (unpaired) electrons. The third-order valence-corrected chi connectivity index (χ3v) is 2.94. The summed E-state index contributed by atoms with van der Waals surface area (Å²) in [6.07, 6.45) is -0.986. The lowest BCUT2D eigenvalue weighted by Gasteiger charge is -2.11. The van der Waals surface area contributed by atoms with Crippen LogP contribution in [0, 0.1) is 10.1 Å². The number of nitrogens with zero attached hydrogens (tertiary/aromatic N) is 1. The number of nitro groups is 1. The monoisotopic (exact) mass is 310 g/mol. The van der Waals surface area contributed by atoms with Gasteiger partial charge in [-0.25, -0.2) is 0 Å². The first-order valence-electron chi connectivity index (χ1n) is 5.93. The van der Waals surface area contributed by atoms with Crippen LogP contribution in [0.5, 0.6) is 0 Å². The molecule has 0 aliphatic heterocycles. The van der Waals surface area contributed by atoms with Crippen molar-refractivity contribution in [3.8, 4) is 0 Å². The summed E-state index contributed by atoms with van der Waals surface area (Å²) in [4.78, 5) is 21.7. The molecular weight excluding hydrogens is 300 g/mol. The standard InChI is InChI=1S/C13H11ClN2O5/c14-12-6-5-11(21-12)13(18)15-7-10(17)8-1-3-9(4-2-8)16(19)20/h1-6,10,17H,7H2,(H,15,18). The SMILES string of the molecule is O=C(NCC(O)c1ccc([N+](=O)[O-])cc1)c1ccc(Cl)o1. The van der Waals surface area contributed by atoms with Crippen LogP contribution in [-0.4, -0.2) is 22.5 Å². The Hall–Kier alpha value is -2.38. The smallest absolute Gasteiger partial charge is 0.287 e. The second kappa shape index (κ2) is 6.38. The highest BCUT2D eigenvalue weighted by Gasteiger charge is 2.14. The normalized spacial score (nSPS) is 11.9. The van der Waals surface area contributed by atoms with Crippen LogP contribution in [0.3, 0.4) is 0 Å². The van der Waals surface area contributed by atoms with E-state index in [1.54, 1.807) is 0 Å². The molecule has 1 aromatic carbocycles. The molecule has 8 heteroatoms. The average Bonchev–Trinajstić information content (AvgIpc) is 2.91. The molecule has 0 aliphatic carbocycles. The first-order valence-corrected chi connectivity index (χ1v) is 6.31. The van der Waals surface area contributed by atoms with Crippen LogP contribution >= 0.6 is 11.6 Å². The molecule has 1 unspecified atom stereocenters. The number of hydrogen-bond acceptors (Lipinski definition) is 5. The van der Waals surface area contributed by atoms with Crippen molar-refractivity contribution in [3.63, 3.8) is 0 Å². The van der Waals surface area contributed by atoms with Crippen molar-refractivity contribution in [2.24, 2.45) is 0 Å². The maximum atomic E-state index is 11.7. The van der Waals surface area contributed by atoms with Gasteiger partial charge in [0.05, 0.1) is 11.0 Å². The van der Waals surface area contributed by atoms with Crippen molar-refractivity contribution in [2.45, 2.75) is 6.10 Å². The molecule has 1 aromatic heterocycles. The highest BCUT2D eigenvalue weighted by atomic mass is 35.5. The number of rotatable bonds is 5. The summed E-state index contributed by atoms with van der Waals surface area (Å²) in [5.41, 5.74) is 0.388. The van der Waals surface area contributed by atoms with Crippen LogP contribution in [0.1, 0.15) is 22.2 Å². The van der Waals surface area contributed by atoms with E-state index >= 15 is 0 Å². The molecule has 7 nitrogen and oxygen atoms in total. The summed E-state index contributed by atoms with van der Waals surface area (Å²) in [5, 5.41) is 23.0. The van der Waals surface area contributed by atoms with Crippen molar-refractivity contribution in [3.05, 3.63) is 63.1 Å². The Kier molecular flexibility index (Phi) is 4.56. The number of carbonyl (C=O) groups excluding carboxylic acids is 1. The molecule has 0 saturated carbocycles. The summed E-state index contributed by atoms with van der Waals surface area (Å²) >= 11 is 5.55. The Labute approximate surface area is 124 Å². The topological polar surface area (TPSA) is 106 Å². The van der Waals surface area contributed by atoms with Gasteiger partial charge >= 0.3 is 0 Å². The van der Waals surface area contributed by atoms with E-state index in [1.165, 1.54) is 36.4 Å². The Morgan fingerprint density at radius 1 is 1.33 bits per heavy atom. The molecule has 0 fully saturated rings. The minimum atomic E-state index is -0.986. The fourth-order valence-corrected chi connectivity index (χ4v) is 1.79. The second-order valence-electron chi connectivity index (χ2n) is 4.18. The van der Waals surface area contributed by atoms with E-state index in [4.69, 9.17) is 16.0 Å². The molecular formula is C13H11ClN2O5. The van der Waals surface area contributed by atoms with E-state index in [0.717, 1.165) is 0 Å². The van der Waals surface area contributed by atoms with Crippen LogP contribution in [0.15, 0.2) is 40.8 Å². The highest BCUT2D eigenvalue weighted by molar-refractivity contribution is 6.29. The predicted molar refractivity (Wildman–Crippen MR) is 74.1 cm³/mol. The van der Waals surface area contributed by atoms with Gasteiger partial charge in [-0.3, -0.25) is 14.9 Å². The van der Waals surface area contributed by atoms with Gasteiger partial charge in [0.25, 0.3) is 11.6 Å². The van der Waals surface area contributed by atoms with E-state index in [2.05, 4.69) is 5.32 Å². The summed E-state index contributed by atoms with van der Waals surface area (Å²) < 4.78 is 4.92. The first-order chi connectivity index (χ1) is 9.97. The summed E-state index contributed by atoms with van der Waals surface area (Å²) in [5.74, 6) is -0.473. The van der Waals surface area contributed by atoms with E-state index in [-0.39, 0.29) is 23.2 Å². The Bertz CT molecular complexity index is 653. The largest absolute Gasteiger partial charge is 0.440 e. The maximum Gasteiger partial charge on any atom is 0.287 e. The number of amides is 1. The van der Waals surface area contributed by atoms with E-state index in [0.29, 0.717) is 5.56 Å². The van der Waals surface area contributed by atoms with Crippen LogP contribution in [0.4, 0.5) is 5.69 Å². The first kappa shape index (κ1) is 15.0. The van der Waals surface area contributed by atoms with Crippen LogP contribution in [-0.2, 0) is 0 Å². The van der Waals surface area contributed by atoms with Crippen molar-refractivity contribution in [1.29, 1.82) is 0 Å². The number of benzene rings is 1. The molecule has 110 valence electrons. The lowest BCUT2D eigenvalue weighted by molar-refractivity contribution is -0.384. The van der Waals surface area contributed by atoms with Gasteiger partial charge in [-0.2, -0.15) is 0 Å². The van der Waals surface area contributed by atoms with Crippen molar-refractivity contribution < 1.29 is 19.2 Å². The number of carbonyl (C=O) groups is 1. The van der Waals surface area contributed by atoms with E-state index in [9.17, 15) is 20.0 Å². The van der Waals surface area contributed by atoms with Gasteiger partial charge in [0.1, 0.15) is 0 Å². The van der Waals surface area contributed by atoms with Gasteiger partial charge in [0, 0.05) is 18.7 Å². The minimum absolute atomic E-state index is 0.0379. The zero-order valence-electron chi connectivity index (χ0n) is 10.7. The summed E-state index contributed by atoms with van der Waals surface area (Å²) in [6, 6.07) is 8.27. The number of aliphatic hydroxyl groups is 1. The zero-order valence-corrected chi connectivity index (χ0v) is 11.4. The third-order valence-electron chi connectivity index (χ3n) is 2.74. The van der Waals surface area contributed by atoms with Crippen LogP contribution in [0.2, 0.25) is 5.22 Å². The molecule has 0 aliphatic rings. The molecule has 0 bridgehead atoms. The molecule has 1 heterocycles. The summed E-state index contributed by atoms with van der Waals surface area (Å²) in [6.45, 7) is -0.0606. The molecule has 0 spiro atoms. The number of furan rings is 1. The quantitative estimate of drug-likeness (QED) is 0.651. The molecule has 0 saturated heterocycles. The molecule has 1 atom stereocenters. The maximum absolute atomic E-state index is 11.7. The molecule has 1 amide bonds. The lowest BCUT2D eigenvalue weighted by Crippen LogP contribution is -2.28. The van der Waals surface area contributed by atoms with Crippen LogP contribution < -0.4 is 5.32 Å². The lowest BCUT2D eigenvalue weighted by atomic mass is 10.1. The Morgan fingerprint density at radius 2 is 2.00 bits per heavy atom. The second-order valence-corrected chi connectivity index (χ2v) is 4.55. The number of aliphatic hydroxyl groups excluding tert-OH is 1. The van der Waals surface area contributed by atoms with Crippen molar-refractivity contribution in [1.82, 2.24) is 5.32 Å². The third kappa shape index (κ3) is 3.80. The predicted octanol–water partition coefficient (Wildman–Crippen LogP) is 2.30. The van der Waals surface area contributed by atoms with Crippen molar-refractivity contribution in [2.75, 3.05) is 6.54 Å². The van der Waals surface area contributed by atoms with Gasteiger partial charge < -0.3 is 14.8 Å². The Balaban J connectivity index is 1.93. The minimum Gasteiger partial charge on any atom is -0.440 e.